The lowest BCUT2D eigenvalue weighted by atomic mass is 9.94. The van der Waals surface area contributed by atoms with E-state index in [2.05, 4.69) is 31.6 Å². The van der Waals surface area contributed by atoms with Gasteiger partial charge in [0, 0.05) is 36.2 Å². The molecule has 3 aromatic rings. The zero-order valence-corrected chi connectivity index (χ0v) is 21.8. The summed E-state index contributed by atoms with van der Waals surface area (Å²) in [7, 11) is 0. The highest BCUT2D eigenvalue weighted by Gasteiger charge is 2.21. The van der Waals surface area contributed by atoms with Gasteiger partial charge in [0.1, 0.15) is 23.2 Å². The first-order valence-corrected chi connectivity index (χ1v) is 13.3. The lowest BCUT2D eigenvalue weighted by Crippen LogP contribution is -2.37. The Hall–Kier alpha value is -3.28. The van der Waals surface area contributed by atoms with Crippen LogP contribution in [0.5, 0.6) is 5.75 Å². The zero-order valence-electron chi connectivity index (χ0n) is 21.8. The number of ketones is 1. The van der Waals surface area contributed by atoms with Gasteiger partial charge < -0.3 is 14.0 Å². The Morgan fingerprint density at radius 2 is 2.03 bits per heavy atom. The number of rotatable bonds is 9. The predicted octanol–water partition coefficient (Wildman–Crippen LogP) is 4.38. The van der Waals surface area contributed by atoms with E-state index in [4.69, 9.17) is 9.47 Å². The monoisotopic (exact) mass is 501 g/mol. The second-order valence-electron chi connectivity index (χ2n) is 10.5. The maximum Gasteiger partial charge on any atom is 0.234 e. The molecule has 2 aromatic heterocycles. The molecule has 8 nitrogen and oxygen atoms in total. The fourth-order valence-corrected chi connectivity index (χ4v) is 5.53. The highest BCUT2D eigenvalue weighted by atomic mass is 16.5. The van der Waals surface area contributed by atoms with E-state index < -0.39 is 0 Å². The van der Waals surface area contributed by atoms with Crippen LogP contribution < -0.4 is 4.74 Å². The minimum atomic E-state index is 0.178. The van der Waals surface area contributed by atoms with Crippen molar-refractivity contribution in [2.24, 2.45) is 11.8 Å². The van der Waals surface area contributed by atoms with Crippen LogP contribution in [-0.2, 0) is 16.1 Å². The van der Waals surface area contributed by atoms with Crippen molar-refractivity contribution in [3.63, 3.8) is 0 Å². The summed E-state index contributed by atoms with van der Waals surface area (Å²) in [6.45, 7) is 9.35. The van der Waals surface area contributed by atoms with Gasteiger partial charge in [-0.15, -0.1) is 0 Å². The molecule has 2 saturated heterocycles. The van der Waals surface area contributed by atoms with E-state index in [1.165, 1.54) is 0 Å². The smallest absolute Gasteiger partial charge is 0.234 e. The van der Waals surface area contributed by atoms with Crippen molar-refractivity contribution in [3.05, 3.63) is 41.9 Å². The van der Waals surface area contributed by atoms with Crippen LogP contribution >= 0.6 is 0 Å². The first-order chi connectivity index (χ1) is 18.0. The Morgan fingerprint density at radius 3 is 2.73 bits per heavy atom. The van der Waals surface area contributed by atoms with Crippen LogP contribution in [0.2, 0.25) is 0 Å². The summed E-state index contributed by atoms with van der Waals surface area (Å²) < 4.78 is 13.8. The molecule has 0 amide bonds. The summed E-state index contributed by atoms with van der Waals surface area (Å²) in [6.07, 6.45) is 6.34. The fraction of sp³-hybridized carbons (Fsp3) is 0.517. The van der Waals surface area contributed by atoms with E-state index in [1.54, 1.807) is 6.92 Å². The van der Waals surface area contributed by atoms with Crippen LogP contribution in [0.4, 0.5) is 0 Å². The SMILES string of the molecule is CC(=O)CN1CCC(CCOc2ccc(-c3nc(C#N)nc4c3ccn4CC3CCOC3)cc2C)CC1. The second kappa shape index (κ2) is 11.4. The van der Waals surface area contributed by atoms with E-state index in [9.17, 15) is 10.1 Å². The molecule has 1 aromatic carbocycles. The Balaban J connectivity index is 1.26. The first-order valence-electron chi connectivity index (χ1n) is 13.3. The van der Waals surface area contributed by atoms with Gasteiger partial charge in [-0.05, 0) is 88.4 Å². The third kappa shape index (κ3) is 6.00. The van der Waals surface area contributed by atoms with Crippen LogP contribution in [-0.4, -0.2) is 64.7 Å². The molecule has 1 unspecified atom stereocenters. The number of carbonyl (C=O) groups excluding carboxylic acids is 1. The number of ether oxygens (including phenoxy) is 2. The Bertz CT molecular complexity index is 1300. The number of hydrogen-bond donors (Lipinski definition) is 0. The van der Waals surface area contributed by atoms with E-state index in [1.807, 2.05) is 31.3 Å². The lowest BCUT2D eigenvalue weighted by molar-refractivity contribution is -0.118. The molecule has 4 heterocycles. The Kier molecular flexibility index (Phi) is 7.82. The largest absolute Gasteiger partial charge is 0.493 e. The van der Waals surface area contributed by atoms with Gasteiger partial charge in [-0.3, -0.25) is 9.69 Å². The number of likely N-dealkylation sites (tertiary alicyclic amines) is 1. The van der Waals surface area contributed by atoms with Crippen LogP contribution in [0.25, 0.3) is 22.3 Å². The number of benzene rings is 1. The summed E-state index contributed by atoms with van der Waals surface area (Å²) in [5.74, 6) is 2.40. The van der Waals surface area contributed by atoms with Gasteiger partial charge in [-0.2, -0.15) is 5.26 Å². The van der Waals surface area contributed by atoms with Crippen LogP contribution in [0.3, 0.4) is 0 Å². The molecule has 2 fully saturated rings. The molecule has 5 rings (SSSR count). The van der Waals surface area contributed by atoms with Crippen molar-refractivity contribution in [2.45, 2.75) is 46.1 Å². The summed E-state index contributed by atoms with van der Waals surface area (Å²) in [5.41, 5.74) is 3.56. The minimum absolute atomic E-state index is 0.178. The van der Waals surface area contributed by atoms with Crippen molar-refractivity contribution in [2.75, 3.05) is 39.5 Å². The van der Waals surface area contributed by atoms with E-state index in [0.717, 1.165) is 92.1 Å². The van der Waals surface area contributed by atoms with Crippen LogP contribution in [0.15, 0.2) is 30.5 Å². The van der Waals surface area contributed by atoms with Gasteiger partial charge in [0.15, 0.2) is 0 Å². The molecule has 0 N–H and O–H groups in total. The van der Waals surface area contributed by atoms with Crippen molar-refractivity contribution in [3.8, 4) is 23.1 Å². The number of nitriles is 1. The molecule has 2 aliphatic rings. The van der Waals surface area contributed by atoms with Gasteiger partial charge in [-0.25, -0.2) is 9.97 Å². The summed E-state index contributed by atoms with van der Waals surface area (Å²) in [6, 6.07) is 10.3. The summed E-state index contributed by atoms with van der Waals surface area (Å²) >= 11 is 0. The van der Waals surface area contributed by atoms with Gasteiger partial charge in [0.05, 0.1) is 25.5 Å². The number of piperidine rings is 1. The molecule has 1 atom stereocenters. The highest BCUT2D eigenvalue weighted by molar-refractivity contribution is 5.91. The number of hydrogen-bond acceptors (Lipinski definition) is 7. The molecule has 0 aliphatic carbocycles. The van der Waals surface area contributed by atoms with Crippen molar-refractivity contribution < 1.29 is 14.3 Å². The lowest BCUT2D eigenvalue weighted by Gasteiger charge is -2.31. The zero-order chi connectivity index (χ0) is 25.8. The normalized spacial score (nSPS) is 18.8. The van der Waals surface area contributed by atoms with Gasteiger partial charge in [0.2, 0.25) is 5.82 Å². The van der Waals surface area contributed by atoms with E-state index in [-0.39, 0.29) is 11.6 Å². The first kappa shape index (κ1) is 25.4. The fourth-order valence-electron chi connectivity index (χ4n) is 5.53. The predicted molar refractivity (Wildman–Crippen MR) is 141 cm³/mol. The third-order valence-electron chi connectivity index (χ3n) is 7.58. The molecule has 194 valence electrons. The molecule has 0 radical (unpaired) electrons. The molecule has 8 heteroatoms. The average molecular weight is 502 g/mol. The second-order valence-corrected chi connectivity index (χ2v) is 10.5. The number of carbonyl (C=O) groups is 1. The molecular weight excluding hydrogens is 466 g/mol. The number of fused-ring (bicyclic) bond motifs is 1. The van der Waals surface area contributed by atoms with Gasteiger partial charge in [-0.1, -0.05) is 0 Å². The van der Waals surface area contributed by atoms with Crippen LogP contribution in [0, 0.1) is 30.1 Å². The maximum atomic E-state index is 11.3. The maximum absolute atomic E-state index is 11.3. The number of aryl methyl sites for hydroxylation is 1. The molecule has 2 aliphatic heterocycles. The minimum Gasteiger partial charge on any atom is -0.493 e. The van der Waals surface area contributed by atoms with Gasteiger partial charge >= 0.3 is 0 Å². The van der Waals surface area contributed by atoms with Crippen LogP contribution in [0.1, 0.15) is 44.0 Å². The number of nitrogens with zero attached hydrogens (tertiary/aromatic N) is 5. The summed E-state index contributed by atoms with van der Waals surface area (Å²) in [4.78, 5) is 22.7. The summed E-state index contributed by atoms with van der Waals surface area (Å²) in [5, 5.41) is 10.5. The molecule has 0 saturated carbocycles. The quantitative estimate of drug-likeness (QED) is 0.429. The molecule has 0 bridgehead atoms. The third-order valence-corrected chi connectivity index (χ3v) is 7.58. The molecule has 0 spiro atoms. The average Bonchev–Trinajstić information content (AvgIpc) is 3.55. The number of Topliss-reactive ketones (excluding diaryl/α,β-unsaturated/α-hetero) is 1. The Labute approximate surface area is 218 Å². The standard InChI is InChI=1S/C29H35N5O3/c1-20-15-24(3-4-26(20)37-14-9-22-5-10-33(11-6-22)17-21(2)35)28-25-7-12-34(18-23-8-13-36-19-23)29(25)32-27(16-30)31-28/h3-4,7,12,15,22-23H,5-6,8-11,13-14,17-19H2,1-2H3. The number of aromatic nitrogens is 3. The molecular formula is C29H35N5O3. The van der Waals surface area contributed by atoms with Crippen molar-refractivity contribution >= 4 is 16.8 Å². The molecule has 37 heavy (non-hydrogen) atoms. The van der Waals surface area contributed by atoms with Crippen molar-refractivity contribution in [1.29, 1.82) is 5.26 Å². The Morgan fingerprint density at radius 1 is 1.19 bits per heavy atom. The van der Waals surface area contributed by atoms with Gasteiger partial charge in [0.25, 0.3) is 0 Å². The van der Waals surface area contributed by atoms with Crippen molar-refractivity contribution in [1.82, 2.24) is 19.4 Å². The highest BCUT2D eigenvalue weighted by Crippen LogP contribution is 2.31. The topological polar surface area (TPSA) is 93.3 Å². The van der Waals surface area contributed by atoms with E-state index >= 15 is 0 Å². The van der Waals surface area contributed by atoms with E-state index in [0.29, 0.717) is 25.0 Å².